The van der Waals surface area contributed by atoms with E-state index in [0.29, 0.717) is 6.54 Å². The van der Waals surface area contributed by atoms with Crippen LogP contribution in [-0.2, 0) is 16.6 Å². The third kappa shape index (κ3) is 5.70. The number of piperidine rings is 1. The molecular formula is C19H26N4O3S2. The van der Waals surface area contributed by atoms with Crippen molar-refractivity contribution in [2.75, 3.05) is 19.6 Å². The molecule has 152 valence electrons. The van der Waals surface area contributed by atoms with Crippen molar-refractivity contribution in [3.05, 3.63) is 47.3 Å². The fourth-order valence-corrected chi connectivity index (χ4v) is 4.75. The summed E-state index contributed by atoms with van der Waals surface area (Å²) < 4.78 is 29.1. The summed E-state index contributed by atoms with van der Waals surface area (Å²) in [6, 6.07) is 13.2. The number of nitrogens with two attached hydrogens (primary N) is 1. The van der Waals surface area contributed by atoms with Gasteiger partial charge in [0.15, 0.2) is 5.96 Å². The Hall–Kier alpha value is -2.10. The minimum Gasteiger partial charge on any atom is -0.490 e. The molecule has 0 amide bonds. The van der Waals surface area contributed by atoms with E-state index in [-0.39, 0.29) is 10.3 Å². The van der Waals surface area contributed by atoms with Crippen molar-refractivity contribution in [3.63, 3.8) is 0 Å². The van der Waals surface area contributed by atoms with Crippen LogP contribution in [0.15, 0.2) is 51.7 Å². The van der Waals surface area contributed by atoms with Gasteiger partial charge in [0.2, 0.25) is 10.0 Å². The summed E-state index contributed by atoms with van der Waals surface area (Å²) in [7, 11) is -3.65. The number of guanidine groups is 1. The number of nitrogens with zero attached hydrogens (tertiary/aromatic N) is 2. The molecule has 0 atom stereocenters. The molecule has 3 rings (SSSR count). The van der Waals surface area contributed by atoms with E-state index < -0.39 is 10.0 Å². The van der Waals surface area contributed by atoms with E-state index in [1.807, 2.05) is 37.3 Å². The van der Waals surface area contributed by atoms with E-state index in [1.165, 1.54) is 6.07 Å². The Morgan fingerprint density at radius 1 is 1.25 bits per heavy atom. The van der Waals surface area contributed by atoms with Gasteiger partial charge >= 0.3 is 0 Å². The average molecular weight is 423 g/mol. The topological polar surface area (TPSA) is 97.0 Å². The van der Waals surface area contributed by atoms with Gasteiger partial charge in [-0.1, -0.05) is 18.2 Å². The third-order valence-electron chi connectivity index (χ3n) is 4.42. The lowest BCUT2D eigenvalue weighted by atomic mass is 10.1. The zero-order chi connectivity index (χ0) is 20.0. The van der Waals surface area contributed by atoms with Gasteiger partial charge in [0.1, 0.15) is 16.1 Å². The number of nitrogens with one attached hydrogen (secondary N) is 1. The summed E-state index contributed by atoms with van der Waals surface area (Å²) in [5, 5.41) is 8.49. The summed E-state index contributed by atoms with van der Waals surface area (Å²) in [5.41, 5.74) is 0. The molecule has 0 radical (unpaired) electrons. The molecule has 0 bridgehead atoms. The lowest BCUT2D eigenvalue weighted by molar-refractivity contribution is 0.129. The molecule has 2 aromatic rings. The van der Waals surface area contributed by atoms with E-state index in [4.69, 9.17) is 9.88 Å². The SMILES string of the molecule is CCNC(=NCc1ccc(S(N)(=O)=O)s1)N1CCC(Oc2ccccc2)CC1. The van der Waals surface area contributed by atoms with Crippen LogP contribution in [0, 0.1) is 0 Å². The van der Waals surface area contributed by atoms with Crippen molar-refractivity contribution in [2.45, 2.75) is 36.6 Å². The number of likely N-dealkylation sites (tertiary alicyclic amines) is 1. The van der Waals surface area contributed by atoms with Crippen molar-refractivity contribution in [3.8, 4) is 5.75 Å². The summed E-state index contributed by atoms with van der Waals surface area (Å²) in [6.45, 7) is 4.94. The normalized spacial score (nSPS) is 16.2. The second-order valence-electron chi connectivity index (χ2n) is 6.55. The molecule has 3 N–H and O–H groups in total. The Morgan fingerprint density at radius 2 is 1.96 bits per heavy atom. The maximum absolute atomic E-state index is 11.4. The first-order chi connectivity index (χ1) is 13.5. The molecule has 7 nitrogen and oxygen atoms in total. The second-order valence-corrected chi connectivity index (χ2v) is 9.51. The van der Waals surface area contributed by atoms with Gasteiger partial charge < -0.3 is 15.0 Å². The van der Waals surface area contributed by atoms with Crippen molar-refractivity contribution >= 4 is 27.3 Å². The molecule has 1 saturated heterocycles. The number of hydrogen-bond acceptors (Lipinski definition) is 5. The molecular weight excluding hydrogens is 396 g/mol. The Balaban J connectivity index is 1.58. The molecule has 9 heteroatoms. The number of aliphatic imine (C=N–C) groups is 1. The van der Waals surface area contributed by atoms with Gasteiger partial charge in [0.25, 0.3) is 0 Å². The van der Waals surface area contributed by atoms with Gasteiger partial charge in [-0.2, -0.15) is 0 Å². The minimum absolute atomic E-state index is 0.168. The molecule has 1 fully saturated rings. The highest BCUT2D eigenvalue weighted by Crippen LogP contribution is 2.22. The zero-order valence-electron chi connectivity index (χ0n) is 15.9. The lowest BCUT2D eigenvalue weighted by Crippen LogP contribution is -2.47. The second kappa shape index (κ2) is 9.40. The van der Waals surface area contributed by atoms with Gasteiger partial charge in [-0.15, -0.1) is 11.3 Å². The fourth-order valence-electron chi connectivity index (χ4n) is 3.05. The van der Waals surface area contributed by atoms with E-state index in [1.54, 1.807) is 6.07 Å². The Morgan fingerprint density at radius 3 is 2.57 bits per heavy atom. The van der Waals surface area contributed by atoms with Gasteiger partial charge in [-0.05, 0) is 31.2 Å². The molecule has 0 aliphatic carbocycles. The summed E-state index contributed by atoms with van der Waals surface area (Å²) in [5.74, 6) is 1.75. The number of primary sulfonamides is 1. The highest BCUT2D eigenvalue weighted by Gasteiger charge is 2.22. The number of ether oxygens (including phenoxy) is 1. The van der Waals surface area contributed by atoms with Gasteiger partial charge in [-0.25, -0.2) is 18.5 Å². The summed E-state index contributed by atoms with van der Waals surface area (Å²) >= 11 is 1.16. The van der Waals surface area contributed by atoms with Crippen LogP contribution in [0.2, 0.25) is 0 Å². The van der Waals surface area contributed by atoms with Crippen LogP contribution in [-0.4, -0.2) is 45.0 Å². The smallest absolute Gasteiger partial charge is 0.247 e. The van der Waals surface area contributed by atoms with Gasteiger partial charge in [-0.3, -0.25) is 0 Å². The van der Waals surface area contributed by atoms with Crippen LogP contribution in [0.3, 0.4) is 0 Å². The quantitative estimate of drug-likeness (QED) is 0.550. The molecule has 1 aliphatic heterocycles. The van der Waals surface area contributed by atoms with Crippen molar-refractivity contribution in [2.24, 2.45) is 10.1 Å². The Labute approximate surface area is 170 Å². The fraction of sp³-hybridized carbons (Fsp3) is 0.421. The Kier molecular flexibility index (Phi) is 6.93. The predicted molar refractivity (Wildman–Crippen MR) is 112 cm³/mol. The molecule has 1 aromatic heterocycles. The summed E-state index contributed by atoms with van der Waals surface area (Å²) in [4.78, 5) is 7.76. The van der Waals surface area contributed by atoms with E-state index >= 15 is 0 Å². The van der Waals surface area contributed by atoms with E-state index in [0.717, 1.165) is 60.4 Å². The molecule has 1 aromatic carbocycles. The Bertz CT molecular complexity index is 889. The van der Waals surface area contributed by atoms with Crippen LogP contribution in [0.4, 0.5) is 0 Å². The largest absolute Gasteiger partial charge is 0.490 e. The van der Waals surface area contributed by atoms with Crippen molar-refractivity contribution in [1.29, 1.82) is 0 Å². The van der Waals surface area contributed by atoms with Crippen LogP contribution < -0.4 is 15.2 Å². The first-order valence-electron chi connectivity index (χ1n) is 9.32. The first kappa shape index (κ1) is 20.6. The van der Waals surface area contributed by atoms with Gasteiger partial charge in [0.05, 0.1) is 6.54 Å². The third-order valence-corrected chi connectivity index (χ3v) is 6.93. The van der Waals surface area contributed by atoms with Crippen LogP contribution in [0.25, 0.3) is 0 Å². The number of hydrogen-bond donors (Lipinski definition) is 2. The van der Waals surface area contributed by atoms with Crippen molar-refractivity contribution in [1.82, 2.24) is 10.2 Å². The standard InChI is InChI=1S/C19H26N4O3S2/c1-2-21-19(22-14-17-8-9-18(27-17)28(20,24)25)23-12-10-16(11-13-23)26-15-6-4-3-5-7-15/h3-9,16H,2,10-14H2,1H3,(H,21,22)(H2,20,24,25). The molecule has 28 heavy (non-hydrogen) atoms. The number of thiophene rings is 1. The van der Waals surface area contributed by atoms with E-state index in [9.17, 15) is 8.42 Å². The first-order valence-corrected chi connectivity index (χ1v) is 11.7. The summed E-state index contributed by atoms with van der Waals surface area (Å²) in [6.07, 6.45) is 2.05. The van der Waals surface area contributed by atoms with E-state index in [2.05, 4.69) is 15.2 Å². The monoisotopic (exact) mass is 422 g/mol. The maximum Gasteiger partial charge on any atom is 0.247 e. The average Bonchev–Trinajstić information content (AvgIpc) is 3.16. The van der Waals surface area contributed by atoms with Gasteiger partial charge in [0, 0.05) is 37.4 Å². The van der Waals surface area contributed by atoms with Crippen LogP contribution >= 0.6 is 11.3 Å². The molecule has 0 unspecified atom stereocenters. The maximum atomic E-state index is 11.4. The minimum atomic E-state index is -3.65. The number of sulfonamides is 1. The molecule has 0 saturated carbocycles. The lowest BCUT2D eigenvalue weighted by Gasteiger charge is -2.34. The van der Waals surface area contributed by atoms with Crippen LogP contribution in [0.5, 0.6) is 5.75 Å². The highest BCUT2D eigenvalue weighted by atomic mass is 32.2. The van der Waals surface area contributed by atoms with Crippen molar-refractivity contribution < 1.29 is 13.2 Å². The molecule has 2 heterocycles. The predicted octanol–water partition coefficient (Wildman–Crippen LogP) is 2.40. The molecule has 1 aliphatic rings. The number of benzene rings is 1. The zero-order valence-corrected chi connectivity index (χ0v) is 17.5. The molecule has 0 spiro atoms. The van der Waals surface area contributed by atoms with Crippen LogP contribution in [0.1, 0.15) is 24.6 Å². The number of para-hydroxylation sites is 1. The number of rotatable bonds is 6. The highest BCUT2D eigenvalue weighted by molar-refractivity contribution is 7.91.